The van der Waals surface area contributed by atoms with E-state index in [0.717, 1.165) is 5.57 Å². The van der Waals surface area contributed by atoms with Gasteiger partial charge in [-0.05, 0) is 13.8 Å². The number of thioether (sulfide) groups is 1. The van der Waals surface area contributed by atoms with Gasteiger partial charge in [0.2, 0.25) is 0 Å². The number of hydrogen-bond acceptors (Lipinski definition) is 4. The lowest BCUT2D eigenvalue weighted by atomic mass is 10.3. The lowest BCUT2D eigenvalue weighted by Gasteiger charge is -2.25. The van der Waals surface area contributed by atoms with Gasteiger partial charge in [-0.2, -0.15) is 0 Å². The normalized spacial score (nSPS) is 22.3. The van der Waals surface area contributed by atoms with Gasteiger partial charge in [-0.1, -0.05) is 12.2 Å². The monoisotopic (exact) mass is 288 g/mol. The Morgan fingerprint density at radius 2 is 2.26 bits per heavy atom. The first kappa shape index (κ1) is 15.8. The molecule has 108 valence electrons. The van der Waals surface area contributed by atoms with Crippen LogP contribution in [0.4, 0.5) is 4.79 Å². The van der Waals surface area contributed by atoms with Crippen molar-refractivity contribution >= 4 is 23.8 Å². The summed E-state index contributed by atoms with van der Waals surface area (Å²) in [6, 6.07) is -1.11. The maximum Gasteiger partial charge on any atom is 0.327 e. The second-order valence-electron chi connectivity index (χ2n) is 4.44. The molecule has 0 saturated carbocycles. The third kappa shape index (κ3) is 4.76. The van der Waals surface area contributed by atoms with Crippen LogP contribution in [-0.2, 0) is 9.53 Å². The number of ether oxygens (including phenoxy) is 1. The van der Waals surface area contributed by atoms with Gasteiger partial charge in [-0.3, -0.25) is 4.90 Å². The largest absolute Gasteiger partial charge is 0.480 e. The molecule has 1 aliphatic heterocycles. The van der Waals surface area contributed by atoms with Gasteiger partial charge >= 0.3 is 12.0 Å². The van der Waals surface area contributed by atoms with Crippen molar-refractivity contribution in [3.8, 4) is 0 Å². The molecule has 2 unspecified atom stereocenters. The molecule has 19 heavy (non-hydrogen) atoms. The van der Waals surface area contributed by atoms with Crippen LogP contribution < -0.4 is 5.32 Å². The minimum Gasteiger partial charge on any atom is -0.480 e. The highest BCUT2D eigenvalue weighted by Crippen LogP contribution is 2.28. The molecular weight excluding hydrogens is 268 g/mol. The van der Waals surface area contributed by atoms with Crippen molar-refractivity contribution in [1.82, 2.24) is 10.2 Å². The number of nitrogens with one attached hydrogen (secondary N) is 1. The van der Waals surface area contributed by atoms with E-state index in [0.29, 0.717) is 25.5 Å². The highest BCUT2D eigenvalue weighted by molar-refractivity contribution is 8.00. The van der Waals surface area contributed by atoms with Crippen LogP contribution in [0.5, 0.6) is 0 Å². The summed E-state index contributed by atoms with van der Waals surface area (Å²) >= 11 is 1.46. The minimum absolute atomic E-state index is 0.127. The Balaban J connectivity index is 2.35. The fourth-order valence-electron chi connectivity index (χ4n) is 1.71. The predicted octanol–water partition coefficient (Wildman–Crippen LogP) is 1.14. The molecule has 2 N–H and O–H groups in total. The average Bonchev–Trinajstić information content (AvgIpc) is 2.70. The zero-order valence-electron chi connectivity index (χ0n) is 11.2. The number of carbonyl (C=O) groups excluding carboxylic acids is 1. The quantitative estimate of drug-likeness (QED) is 0.566. The van der Waals surface area contributed by atoms with Crippen LogP contribution >= 0.6 is 11.8 Å². The standard InChI is InChI=1S/C12H20N2O4S/c1-8(2)6-18-5-4-13-12(17)14-9(3)19-7-10(14)11(15)16/h9-10H,1,4-7H2,2-3H3,(H,13,17)(H,15,16). The van der Waals surface area contributed by atoms with Crippen LogP contribution in [-0.4, -0.2) is 58.9 Å². The number of hydrogen-bond donors (Lipinski definition) is 2. The number of carboxylic acids is 1. The van der Waals surface area contributed by atoms with Crippen LogP contribution in [0.15, 0.2) is 12.2 Å². The second kappa shape index (κ2) is 7.40. The summed E-state index contributed by atoms with van der Waals surface area (Å²) < 4.78 is 5.25. The van der Waals surface area contributed by atoms with Crippen LogP contribution in [0.3, 0.4) is 0 Å². The van der Waals surface area contributed by atoms with E-state index in [4.69, 9.17) is 9.84 Å². The highest BCUT2D eigenvalue weighted by Gasteiger charge is 2.39. The van der Waals surface area contributed by atoms with E-state index in [1.165, 1.54) is 16.7 Å². The summed E-state index contributed by atoms with van der Waals surface area (Å²) in [6.07, 6.45) is 0. The van der Waals surface area contributed by atoms with Gasteiger partial charge in [0.05, 0.1) is 18.6 Å². The lowest BCUT2D eigenvalue weighted by Crippen LogP contribution is -2.50. The lowest BCUT2D eigenvalue weighted by molar-refractivity contribution is -0.141. The van der Waals surface area contributed by atoms with Crippen LogP contribution in [0.25, 0.3) is 0 Å². The topological polar surface area (TPSA) is 78.9 Å². The van der Waals surface area contributed by atoms with Gasteiger partial charge in [-0.25, -0.2) is 9.59 Å². The van der Waals surface area contributed by atoms with Gasteiger partial charge in [-0.15, -0.1) is 11.8 Å². The second-order valence-corrected chi connectivity index (χ2v) is 5.78. The molecule has 1 rings (SSSR count). The van der Waals surface area contributed by atoms with Crippen molar-refractivity contribution in [3.63, 3.8) is 0 Å². The van der Waals surface area contributed by atoms with Gasteiger partial charge < -0.3 is 15.2 Å². The Bertz CT molecular complexity index is 362. The maximum absolute atomic E-state index is 11.9. The van der Waals surface area contributed by atoms with Crippen molar-refractivity contribution in [2.45, 2.75) is 25.3 Å². The zero-order valence-corrected chi connectivity index (χ0v) is 12.0. The molecule has 1 aliphatic rings. The molecule has 0 aliphatic carbocycles. The first-order valence-electron chi connectivity index (χ1n) is 6.06. The predicted molar refractivity (Wildman–Crippen MR) is 74.2 cm³/mol. The van der Waals surface area contributed by atoms with Gasteiger partial charge in [0.1, 0.15) is 6.04 Å². The molecule has 0 aromatic carbocycles. The minimum atomic E-state index is -0.967. The van der Waals surface area contributed by atoms with Gasteiger partial charge in [0.15, 0.2) is 0 Å². The summed E-state index contributed by atoms with van der Waals surface area (Å²) in [5.74, 6) is -0.540. The van der Waals surface area contributed by atoms with E-state index in [1.807, 2.05) is 13.8 Å². The Hall–Kier alpha value is -1.21. The molecule has 0 bridgehead atoms. The van der Waals surface area contributed by atoms with E-state index in [9.17, 15) is 9.59 Å². The summed E-state index contributed by atoms with van der Waals surface area (Å²) in [5, 5.41) is 11.6. The molecule has 1 fully saturated rings. The summed E-state index contributed by atoms with van der Waals surface area (Å²) in [4.78, 5) is 24.3. The number of aliphatic carboxylic acids is 1. The van der Waals surface area contributed by atoms with Crippen LogP contribution in [0.1, 0.15) is 13.8 Å². The zero-order chi connectivity index (χ0) is 14.4. The molecule has 0 radical (unpaired) electrons. The number of amides is 2. The molecule has 0 aromatic rings. The molecule has 1 heterocycles. The Kier molecular flexibility index (Phi) is 6.17. The Morgan fingerprint density at radius 3 is 2.84 bits per heavy atom. The summed E-state index contributed by atoms with van der Waals surface area (Å²) in [7, 11) is 0. The fourth-order valence-corrected chi connectivity index (χ4v) is 2.88. The number of urea groups is 1. The number of nitrogens with zero attached hydrogens (tertiary/aromatic N) is 1. The number of carbonyl (C=O) groups is 2. The first-order chi connectivity index (χ1) is 8.93. The highest BCUT2D eigenvalue weighted by atomic mass is 32.2. The van der Waals surface area contributed by atoms with Crippen molar-refractivity contribution in [2.24, 2.45) is 0 Å². The molecule has 2 amide bonds. The van der Waals surface area contributed by atoms with Crippen molar-refractivity contribution in [1.29, 1.82) is 0 Å². The van der Waals surface area contributed by atoms with E-state index < -0.39 is 12.0 Å². The Morgan fingerprint density at radius 1 is 1.58 bits per heavy atom. The van der Waals surface area contributed by atoms with E-state index >= 15 is 0 Å². The third-order valence-corrected chi connectivity index (χ3v) is 3.83. The summed E-state index contributed by atoms with van der Waals surface area (Å²) in [6.45, 7) is 8.58. The number of carboxylic acid groups (broad SMARTS) is 1. The Labute approximate surface area is 117 Å². The van der Waals surface area contributed by atoms with E-state index in [2.05, 4.69) is 11.9 Å². The SMILES string of the molecule is C=C(C)COCCNC(=O)N1C(C)SCC1C(=O)O. The van der Waals surface area contributed by atoms with Crippen LogP contribution in [0, 0.1) is 0 Å². The first-order valence-corrected chi connectivity index (χ1v) is 7.11. The van der Waals surface area contributed by atoms with Gasteiger partial charge in [0, 0.05) is 12.3 Å². The molecule has 0 aromatic heterocycles. The van der Waals surface area contributed by atoms with Crippen molar-refractivity contribution < 1.29 is 19.4 Å². The summed E-state index contributed by atoms with van der Waals surface area (Å²) in [5.41, 5.74) is 0.918. The molecule has 7 heteroatoms. The molecule has 6 nitrogen and oxygen atoms in total. The molecule has 2 atom stereocenters. The van der Waals surface area contributed by atoms with E-state index in [1.54, 1.807) is 0 Å². The van der Waals surface area contributed by atoms with E-state index in [-0.39, 0.29) is 11.4 Å². The maximum atomic E-state index is 11.9. The fraction of sp³-hybridized carbons (Fsp3) is 0.667. The molecular formula is C12H20N2O4S. The van der Waals surface area contributed by atoms with Crippen molar-refractivity contribution in [3.05, 3.63) is 12.2 Å². The smallest absolute Gasteiger partial charge is 0.327 e. The van der Waals surface area contributed by atoms with Crippen LogP contribution in [0.2, 0.25) is 0 Å². The average molecular weight is 288 g/mol. The number of rotatable bonds is 6. The third-order valence-electron chi connectivity index (χ3n) is 2.61. The van der Waals surface area contributed by atoms with Gasteiger partial charge in [0.25, 0.3) is 0 Å². The molecule has 1 saturated heterocycles. The van der Waals surface area contributed by atoms with Crippen molar-refractivity contribution in [2.75, 3.05) is 25.5 Å². The molecule has 0 spiro atoms.